The number of hydrogen-bond acceptors (Lipinski definition) is 4. The Morgan fingerprint density at radius 1 is 1.25 bits per heavy atom. The summed E-state index contributed by atoms with van der Waals surface area (Å²) in [6, 6.07) is 15.2. The molecule has 2 heterocycles. The normalized spacial score (nSPS) is 21.2. The fourth-order valence-electron chi connectivity index (χ4n) is 3.91. The van der Waals surface area contributed by atoms with E-state index in [-0.39, 0.29) is 10.5 Å². The van der Waals surface area contributed by atoms with Crippen molar-refractivity contribution >= 4 is 21.1 Å². The predicted molar refractivity (Wildman–Crippen MR) is 106 cm³/mol. The van der Waals surface area contributed by atoms with E-state index in [9.17, 15) is 13.2 Å². The van der Waals surface area contributed by atoms with Gasteiger partial charge in [-0.3, -0.25) is 4.98 Å². The molecule has 0 radical (unpaired) electrons. The monoisotopic (exact) mass is 402 g/mol. The Hall–Kier alpha value is -2.42. The Morgan fingerprint density at radius 3 is 2.82 bits per heavy atom. The zero-order valence-electron chi connectivity index (χ0n) is 15.6. The molecular weight excluding hydrogens is 378 g/mol. The quantitative estimate of drug-likeness (QED) is 0.575. The van der Waals surface area contributed by atoms with Crippen molar-refractivity contribution in [1.29, 1.82) is 0 Å². The smallest absolute Gasteiger partial charge is 0.408 e. The summed E-state index contributed by atoms with van der Waals surface area (Å²) < 4.78 is 32.9. The molecule has 28 heavy (non-hydrogen) atoms. The molecule has 1 aromatic heterocycles. The molecule has 3 N–H and O–H groups in total. The molecular formula is C20H24N3O4S+. The summed E-state index contributed by atoms with van der Waals surface area (Å²) in [5, 5.41) is 0. The Bertz CT molecular complexity index is 1120. The number of H-pyrrole nitrogens is 1. The number of aromatic amines is 1. The molecule has 148 valence electrons. The average Bonchev–Trinajstić information content (AvgIpc) is 3.31. The summed E-state index contributed by atoms with van der Waals surface area (Å²) in [5.41, 5.74) is 2.02. The van der Waals surface area contributed by atoms with Gasteiger partial charge in [0.05, 0.1) is 23.5 Å². The van der Waals surface area contributed by atoms with Crippen molar-refractivity contribution in [2.75, 3.05) is 19.6 Å². The van der Waals surface area contributed by atoms with E-state index in [1.54, 1.807) is 0 Å². The van der Waals surface area contributed by atoms with Crippen molar-refractivity contribution in [3.8, 4) is 0 Å². The summed E-state index contributed by atoms with van der Waals surface area (Å²) in [6.45, 7) is 4.59. The lowest BCUT2D eigenvalue weighted by Gasteiger charge is -2.21. The maximum absolute atomic E-state index is 12.6. The van der Waals surface area contributed by atoms with Crippen molar-refractivity contribution in [3.63, 3.8) is 0 Å². The molecule has 1 unspecified atom stereocenters. The third-order valence-corrected chi connectivity index (χ3v) is 7.02. The molecule has 0 saturated carbocycles. The van der Waals surface area contributed by atoms with E-state index >= 15 is 0 Å². The summed E-state index contributed by atoms with van der Waals surface area (Å²) in [7, 11) is -3.66. The van der Waals surface area contributed by atoms with Crippen LogP contribution < -0.4 is 15.4 Å². The molecule has 1 aliphatic heterocycles. The number of hydrogen-bond donors (Lipinski definition) is 3. The van der Waals surface area contributed by atoms with Gasteiger partial charge < -0.3 is 9.32 Å². The topological polar surface area (TPSA) is 96.6 Å². The number of rotatable bonds is 6. The largest absolute Gasteiger partial charge is 0.417 e. The second kappa shape index (κ2) is 7.54. The lowest BCUT2D eigenvalue weighted by Crippen LogP contribution is -3.10. The molecule has 1 aliphatic rings. The van der Waals surface area contributed by atoms with Crippen LogP contribution in [0, 0.1) is 5.92 Å². The van der Waals surface area contributed by atoms with Crippen LogP contribution in [-0.2, 0) is 10.0 Å². The summed E-state index contributed by atoms with van der Waals surface area (Å²) in [4.78, 5) is 15.3. The van der Waals surface area contributed by atoms with Crippen LogP contribution in [0.15, 0.2) is 62.6 Å². The number of quaternary nitrogens is 1. The van der Waals surface area contributed by atoms with Crippen LogP contribution in [0.25, 0.3) is 11.1 Å². The van der Waals surface area contributed by atoms with Gasteiger partial charge in [-0.05, 0) is 19.1 Å². The average molecular weight is 402 g/mol. The number of fused-ring (bicyclic) bond motifs is 1. The minimum atomic E-state index is -3.66. The summed E-state index contributed by atoms with van der Waals surface area (Å²) >= 11 is 0. The maximum atomic E-state index is 12.6. The second-order valence-electron chi connectivity index (χ2n) is 7.42. The number of likely N-dealkylation sites (tertiary alicyclic amines) is 1. The van der Waals surface area contributed by atoms with Gasteiger partial charge in [0.1, 0.15) is 6.04 Å². The van der Waals surface area contributed by atoms with Gasteiger partial charge >= 0.3 is 5.76 Å². The van der Waals surface area contributed by atoms with Crippen LogP contribution in [0.4, 0.5) is 0 Å². The molecule has 1 fully saturated rings. The standard InChI is InChI=1S/C20H23N3O4S/c1-14(16-5-3-2-4-6-16)23-10-9-15(13-23)12-21-28(25,26)17-7-8-18-19(11-17)27-20(24)22-18/h2-8,11,14-15,21H,9-10,12-13H2,1H3,(H,22,24)/p+1/t14-,15+/m0/s1. The SMILES string of the molecule is C[C@@H](c1ccccc1)[NH+]1CC[C@H](CNS(=O)(=O)c2ccc3[nH]c(=O)oc3c2)C1. The van der Waals surface area contributed by atoms with E-state index in [0.717, 1.165) is 19.5 Å². The van der Waals surface area contributed by atoms with Crippen LogP contribution in [0.1, 0.15) is 24.9 Å². The first-order chi connectivity index (χ1) is 13.4. The number of nitrogens with one attached hydrogen (secondary N) is 3. The second-order valence-corrected chi connectivity index (χ2v) is 9.19. The Morgan fingerprint density at radius 2 is 2.04 bits per heavy atom. The third kappa shape index (κ3) is 3.89. The van der Waals surface area contributed by atoms with E-state index in [1.165, 1.54) is 28.7 Å². The predicted octanol–water partition coefficient (Wildman–Crippen LogP) is 1.07. The van der Waals surface area contributed by atoms with Crippen molar-refractivity contribution in [2.24, 2.45) is 5.92 Å². The lowest BCUT2D eigenvalue weighted by molar-refractivity contribution is -0.919. The first-order valence-corrected chi connectivity index (χ1v) is 10.9. The molecule has 3 aromatic rings. The first kappa shape index (κ1) is 18.9. The van der Waals surface area contributed by atoms with Crippen molar-refractivity contribution in [3.05, 3.63) is 64.6 Å². The third-order valence-electron chi connectivity index (χ3n) is 5.60. The maximum Gasteiger partial charge on any atom is 0.417 e. The van der Waals surface area contributed by atoms with E-state index in [0.29, 0.717) is 24.0 Å². The molecule has 4 rings (SSSR count). The lowest BCUT2D eigenvalue weighted by atomic mass is 10.1. The summed E-state index contributed by atoms with van der Waals surface area (Å²) in [6.07, 6.45) is 0.987. The molecule has 1 saturated heterocycles. The van der Waals surface area contributed by atoms with Crippen LogP contribution in [-0.4, -0.2) is 33.0 Å². The molecule has 2 aromatic carbocycles. The van der Waals surface area contributed by atoms with E-state index in [4.69, 9.17) is 4.42 Å². The molecule has 0 bridgehead atoms. The van der Waals surface area contributed by atoms with Gasteiger partial charge in [-0.2, -0.15) is 0 Å². The van der Waals surface area contributed by atoms with Crippen molar-refractivity contribution in [2.45, 2.75) is 24.3 Å². The number of sulfonamides is 1. The number of benzene rings is 2. The minimum Gasteiger partial charge on any atom is -0.408 e. The molecule has 0 aliphatic carbocycles. The van der Waals surface area contributed by atoms with E-state index < -0.39 is 15.8 Å². The Labute approximate surface area is 163 Å². The molecule has 7 nitrogen and oxygen atoms in total. The zero-order valence-corrected chi connectivity index (χ0v) is 16.5. The van der Waals surface area contributed by atoms with Gasteiger partial charge in [-0.15, -0.1) is 0 Å². The van der Waals surface area contributed by atoms with Gasteiger partial charge in [-0.1, -0.05) is 30.3 Å². The zero-order chi connectivity index (χ0) is 19.7. The van der Waals surface area contributed by atoms with Crippen LogP contribution in [0.5, 0.6) is 0 Å². The first-order valence-electron chi connectivity index (χ1n) is 9.44. The highest BCUT2D eigenvalue weighted by Crippen LogP contribution is 2.17. The Balaban J connectivity index is 1.39. The number of aromatic nitrogens is 1. The van der Waals surface area contributed by atoms with Crippen molar-refractivity contribution in [1.82, 2.24) is 9.71 Å². The highest BCUT2D eigenvalue weighted by Gasteiger charge is 2.31. The van der Waals surface area contributed by atoms with Crippen LogP contribution in [0.3, 0.4) is 0 Å². The van der Waals surface area contributed by atoms with E-state index in [1.807, 2.05) is 6.07 Å². The highest BCUT2D eigenvalue weighted by molar-refractivity contribution is 7.89. The molecule has 3 atom stereocenters. The van der Waals surface area contributed by atoms with Gasteiger partial charge in [-0.25, -0.2) is 17.9 Å². The molecule has 8 heteroatoms. The van der Waals surface area contributed by atoms with Crippen molar-refractivity contribution < 1.29 is 17.7 Å². The fraction of sp³-hybridized carbons (Fsp3) is 0.350. The highest BCUT2D eigenvalue weighted by atomic mass is 32.2. The fourth-order valence-corrected chi connectivity index (χ4v) is 5.04. The van der Waals surface area contributed by atoms with Crippen LogP contribution in [0.2, 0.25) is 0 Å². The molecule has 0 amide bonds. The van der Waals surface area contributed by atoms with Crippen LogP contribution >= 0.6 is 0 Å². The Kier molecular flexibility index (Phi) is 5.09. The van der Waals surface area contributed by atoms with E-state index in [2.05, 4.69) is 40.9 Å². The molecule has 0 spiro atoms. The number of oxazole rings is 1. The minimum absolute atomic E-state index is 0.0996. The van der Waals surface area contributed by atoms with Gasteiger partial charge in [0.15, 0.2) is 5.58 Å². The summed E-state index contributed by atoms with van der Waals surface area (Å²) in [5.74, 6) is -0.302. The van der Waals surface area contributed by atoms with Gasteiger partial charge in [0, 0.05) is 30.5 Å². The van der Waals surface area contributed by atoms with Gasteiger partial charge in [0.25, 0.3) is 0 Å². The van der Waals surface area contributed by atoms with Gasteiger partial charge in [0.2, 0.25) is 10.0 Å².